The smallest absolute Gasteiger partial charge is 0.253 e. The zero-order chi connectivity index (χ0) is 20.4. The Kier molecular flexibility index (Phi) is 5.12. The molecule has 0 radical (unpaired) electrons. The zero-order valence-electron chi connectivity index (χ0n) is 17.2. The Bertz CT molecular complexity index is 950. The number of hydrogen-bond donors (Lipinski definition) is 0. The van der Waals surface area contributed by atoms with Gasteiger partial charge in [-0.05, 0) is 36.8 Å². The molecule has 1 heterocycles. The van der Waals surface area contributed by atoms with Crippen LogP contribution in [-0.4, -0.2) is 24.5 Å². The van der Waals surface area contributed by atoms with Gasteiger partial charge in [-0.1, -0.05) is 68.4 Å². The van der Waals surface area contributed by atoms with Crippen molar-refractivity contribution < 1.29 is 4.79 Å². The summed E-state index contributed by atoms with van der Waals surface area (Å²) in [5, 5.41) is 4.42. The van der Waals surface area contributed by atoms with Gasteiger partial charge in [-0.3, -0.25) is 9.80 Å². The van der Waals surface area contributed by atoms with E-state index < -0.39 is 5.54 Å². The summed E-state index contributed by atoms with van der Waals surface area (Å²) in [5.41, 5.74) is 3.36. The Hall–Kier alpha value is -3.11. The van der Waals surface area contributed by atoms with Gasteiger partial charge < -0.3 is 4.90 Å². The number of likely N-dealkylation sites (N-methyl/N-ethyl adjacent to an activating group) is 2. The largest absolute Gasteiger partial charge is 0.313 e. The van der Waals surface area contributed by atoms with Crippen molar-refractivity contribution in [3.05, 3.63) is 90.5 Å². The highest BCUT2D eigenvalue weighted by molar-refractivity contribution is 6.07. The summed E-state index contributed by atoms with van der Waals surface area (Å²) in [5.74, 6) is 0.111. The lowest BCUT2D eigenvalue weighted by Gasteiger charge is -2.46. The SMILES string of the molecule is CCN(N(c1ccccc1)c1ccccc1)C1(CC)C(=O)N(C)c2ccccc21. The van der Waals surface area contributed by atoms with Crippen LogP contribution in [0.5, 0.6) is 0 Å². The van der Waals surface area contributed by atoms with E-state index in [-0.39, 0.29) is 5.91 Å². The zero-order valence-corrected chi connectivity index (χ0v) is 17.2. The van der Waals surface area contributed by atoms with Gasteiger partial charge in [-0.15, -0.1) is 0 Å². The molecule has 0 saturated heterocycles. The van der Waals surface area contributed by atoms with Crippen molar-refractivity contribution in [2.45, 2.75) is 25.8 Å². The van der Waals surface area contributed by atoms with Crippen molar-refractivity contribution in [1.82, 2.24) is 5.01 Å². The molecule has 1 amide bonds. The van der Waals surface area contributed by atoms with Crippen LogP contribution in [0.2, 0.25) is 0 Å². The summed E-state index contributed by atoms with van der Waals surface area (Å²) < 4.78 is 0. The molecule has 0 fully saturated rings. The fourth-order valence-corrected chi connectivity index (χ4v) is 4.54. The number of amides is 1. The van der Waals surface area contributed by atoms with Gasteiger partial charge >= 0.3 is 0 Å². The fraction of sp³-hybridized carbons (Fsp3) is 0.240. The molecule has 4 heteroatoms. The van der Waals surface area contributed by atoms with Crippen molar-refractivity contribution in [3.63, 3.8) is 0 Å². The van der Waals surface area contributed by atoms with Gasteiger partial charge in [0.25, 0.3) is 5.91 Å². The van der Waals surface area contributed by atoms with Crippen LogP contribution in [0.1, 0.15) is 25.8 Å². The summed E-state index contributed by atoms with van der Waals surface area (Å²) in [7, 11) is 1.88. The van der Waals surface area contributed by atoms with E-state index in [1.807, 2.05) is 61.6 Å². The first-order valence-electron chi connectivity index (χ1n) is 10.2. The first-order chi connectivity index (χ1) is 14.1. The van der Waals surface area contributed by atoms with E-state index >= 15 is 0 Å². The van der Waals surface area contributed by atoms with Crippen LogP contribution in [0.4, 0.5) is 17.1 Å². The number of benzene rings is 3. The van der Waals surface area contributed by atoms with Gasteiger partial charge in [0.1, 0.15) is 5.54 Å². The number of rotatable bonds is 6. The summed E-state index contributed by atoms with van der Waals surface area (Å²) in [6.07, 6.45) is 0.678. The van der Waals surface area contributed by atoms with Crippen molar-refractivity contribution in [1.29, 1.82) is 0 Å². The molecule has 4 nitrogen and oxygen atoms in total. The van der Waals surface area contributed by atoms with Crippen LogP contribution in [0.15, 0.2) is 84.9 Å². The van der Waals surface area contributed by atoms with Crippen LogP contribution in [0.3, 0.4) is 0 Å². The van der Waals surface area contributed by atoms with Gasteiger partial charge in [0, 0.05) is 24.8 Å². The monoisotopic (exact) mass is 385 g/mol. The van der Waals surface area contributed by atoms with Gasteiger partial charge in [-0.25, -0.2) is 0 Å². The van der Waals surface area contributed by atoms with E-state index in [0.717, 1.165) is 22.6 Å². The highest BCUT2D eigenvalue weighted by atomic mass is 16.2. The molecular formula is C25H27N3O. The van der Waals surface area contributed by atoms with Gasteiger partial charge in [0.2, 0.25) is 0 Å². The molecule has 148 valence electrons. The molecule has 4 rings (SSSR count). The van der Waals surface area contributed by atoms with Crippen molar-refractivity contribution in [2.75, 3.05) is 23.5 Å². The highest BCUT2D eigenvalue weighted by Gasteiger charge is 2.54. The van der Waals surface area contributed by atoms with Crippen LogP contribution in [0.25, 0.3) is 0 Å². The lowest BCUT2D eigenvalue weighted by atomic mass is 9.87. The molecule has 0 spiro atoms. The summed E-state index contributed by atoms with van der Waals surface area (Å²) in [4.78, 5) is 15.5. The average molecular weight is 386 g/mol. The van der Waals surface area contributed by atoms with Crippen molar-refractivity contribution >= 4 is 23.0 Å². The number of hydrazine groups is 1. The van der Waals surface area contributed by atoms with E-state index in [1.165, 1.54) is 0 Å². The Morgan fingerprint density at radius 2 is 1.31 bits per heavy atom. The van der Waals surface area contributed by atoms with Crippen LogP contribution in [-0.2, 0) is 10.3 Å². The topological polar surface area (TPSA) is 26.8 Å². The minimum Gasteiger partial charge on any atom is -0.313 e. The minimum absolute atomic E-state index is 0.111. The average Bonchev–Trinajstić information content (AvgIpc) is 3.01. The lowest BCUT2D eigenvalue weighted by molar-refractivity contribution is -0.130. The lowest BCUT2D eigenvalue weighted by Crippen LogP contribution is -2.58. The Morgan fingerprint density at radius 1 is 0.793 bits per heavy atom. The number of nitrogens with zero attached hydrogens (tertiary/aromatic N) is 3. The van der Waals surface area contributed by atoms with Gasteiger partial charge in [0.05, 0.1) is 11.4 Å². The third-order valence-electron chi connectivity index (χ3n) is 5.86. The van der Waals surface area contributed by atoms with Crippen molar-refractivity contribution in [3.8, 4) is 0 Å². The van der Waals surface area contributed by atoms with Crippen LogP contribution < -0.4 is 9.91 Å². The van der Waals surface area contributed by atoms with Crippen LogP contribution >= 0.6 is 0 Å². The van der Waals surface area contributed by atoms with Crippen molar-refractivity contribution in [2.24, 2.45) is 0 Å². The number of carbonyl (C=O) groups is 1. The number of hydrogen-bond acceptors (Lipinski definition) is 3. The highest BCUT2D eigenvalue weighted by Crippen LogP contribution is 2.48. The van der Waals surface area contributed by atoms with Crippen LogP contribution in [0, 0.1) is 0 Å². The van der Waals surface area contributed by atoms with Gasteiger partial charge in [-0.2, -0.15) is 5.01 Å². The molecule has 0 saturated carbocycles. The predicted octanol–water partition coefficient (Wildman–Crippen LogP) is 5.34. The molecule has 1 unspecified atom stereocenters. The quantitative estimate of drug-likeness (QED) is 0.536. The number of para-hydroxylation sites is 3. The minimum atomic E-state index is -0.758. The normalized spacial score (nSPS) is 18.2. The second kappa shape index (κ2) is 7.72. The first kappa shape index (κ1) is 19.2. The Labute approximate surface area is 173 Å². The Balaban J connectivity index is 1.95. The molecule has 1 aliphatic heterocycles. The molecule has 3 aromatic carbocycles. The number of fused-ring (bicyclic) bond motifs is 1. The van der Waals surface area contributed by atoms with E-state index in [9.17, 15) is 4.79 Å². The Morgan fingerprint density at radius 3 is 1.83 bits per heavy atom. The first-order valence-corrected chi connectivity index (χ1v) is 10.2. The summed E-state index contributed by atoms with van der Waals surface area (Å²) >= 11 is 0. The second-order valence-electron chi connectivity index (χ2n) is 7.29. The molecule has 0 aromatic heterocycles. The molecule has 0 bridgehead atoms. The standard InChI is InChI=1S/C25H27N3O/c1-4-25(22-18-12-13-19-23(22)26(3)24(25)29)27(5-2)28(20-14-8-6-9-15-20)21-16-10-7-11-17-21/h6-19H,4-5H2,1-3H3. The third-order valence-corrected chi connectivity index (χ3v) is 5.86. The molecule has 0 N–H and O–H groups in total. The molecule has 1 atom stereocenters. The van der Waals surface area contributed by atoms with E-state index in [1.54, 1.807) is 4.90 Å². The summed E-state index contributed by atoms with van der Waals surface area (Å²) in [6, 6.07) is 28.7. The van der Waals surface area contributed by atoms with E-state index in [0.29, 0.717) is 13.0 Å². The predicted molar refractivity (Wildman–Crippen MR) is 119 cm³/mol. The van der Waals surface area contributed by atoms with Gasteiger partial charge in [0.15, 0.2) is 0 Å². The fourth-order valence-electron chi connectivity index (χ4n) is 4.54. The molecular weight excluding hydrogens is 358 g/mol. The van der Waals surface area contributed by atoms with E-state index in [4.69, 9.17) is 0 Å². The molecule has 0 aliphatic carbocycles. The number of carbonyl (C=O) groups excluding carboxylic acids is 1. The summed E-state index contributed by atoms with van der Waals surface area (Å²) in [6.45, 7) is 4.90. The maximum Gasteiger partial charge on any atom is 0.253 e. The third kappa shape index (κ3) is 2.91. The molecule has 3 aromatic rings. The maximum atomic E-state index is 13.7. The maximum absolute atomic E-state index is 13.7. The molecule has 29 heavy (non-hydrogen) atoms. The molecule has 1 aliphatic rings. The number of anilines is 3. The van der Waals surface area contributed by atoms with E-state index in [2.05, 4.69) is 54.2 Å². The second-order valence-corrected chi connectivity index (χ2v) is 7.29.